The molecule has 1 N–H and O–H groups in total. The van der Waals surface area contributed by atoms with Gasteiger partial charge in [-0.1, -0.05) is 91.1 Å². The minimum atomic E-state index is -0.727. The van der Waals surface area contributed by atoms with E-state index in [9.17, 15) is 14.0 Å². The van der Waals surface area contributed by atoms with Crippen LogP contribution in [-0.2, 0) is 28.3 Å². The quantitative estimate of drug-likeness (QED) is 0.231. The molecular formula is C29H31Cl2FN2O2S. The maximum absolute atomic E-state index is 14.1. The molecule has 0 aromatic heterocycles. The number of benzene rings is 3. The number of carbonyl (C=O) groups excluding carboxylic acids is 2. The Balaban J connectivity index is 1.86. The van der Waals surface area contributed by atoms with Crippen molar-refractivity contribution in [3.05, 3.63) is 105 Å². The molecule has 196 valence electrons. The Morgan fingerprint density at radius 2 is 1.70 bits per heavy atom. The van der Waals surface area contributed by atoms with Crippen molar-refractivity contribution in [1.82, 2.24) is 10.2 Å². The SMILES string of the molecule is CCCCNC(=O)[C@H](Cc1ccccc1)N(Cc1ccc(Cl)c(Cl)c1)C(=O)CSCc1ccccc1F. The fourth-order valence-electron chi connectivity index (χ4n) is 3.84. The van der Waals surface area contributed by atoms with Gasteiger partial charge in [0.2, 0.25) is 11.8 Å². The first-order valence-corrected chi connectivity index (χ1v) is 14.2. The monoisotopic (exact) mass is 560 g/mol. The number of amides is 2. The summed E-state index contributed by atoms with van der Waals surface area (Å²) in [6.45, 7) is 2.78. The molecule has 0 aliphatic heterocycles. The third-order valence-corrected chi connectivity index (χ3v) is 7.58. The fourth-order valence-corrected chi connectivity index (χ4v) is 5.06. The first-order chi connectivity index (χ1) is 17.9. The van der Waals surface area contributed by atoms with Crippen LogP contribution in [0.15, 0.2) is 72.8 Å². The van der Waals surface area contributed by atoms with E-state index in [1.54, 1.807) is 41.3 Å². The van der Waals surface area contributed by atoms with Gasteiger partial charge in [0.15, 0.2) is 0 Å². The summed E-state index contributed by atoms with van der Waals surface area (Å²) in [5, 5.41) is 3.80. The van der Waals surface area contributed by atoms with Crippen LogP contribution in [0.2, 0.25) is 10.0 Å². The van der Waals surface area contributed by atoms with Crippen molar-refractivity contribution in [2.45, 2.75) is 44.5 Å². The highest BCUT2D eigenvalue weighted by molar-refractivity contribution is 7.99. The molecule has 0 unspecified atom stereocenters. The van der Waals surface area contributed by atoms with Crippen LogP contribution in [0.5, 0.6) is 0 Å². The Morgan fingerprint density at radius 3 is 2.41 bits per heavy atom. The average Bonchev–Trinajstić information content (AvgIpc) is 2.90. The predicted octanol–water partition coefficient (Wildman–Crippen LogP) is 6.92. The smallest absolute Gasteiger partial charge is 0.243 e. The molecule has 0 saturated carbocycles. The highest BCUT2D eigenvalue weighted by Gasteiger charge is 2.30. The van der Waals surface area contributed by atoms with E-state index < -0.39 is 6.04 Å². The van der Waals surface area contributed by atoms with Crippen LogP contribution in [0.4, 0.5) is 4.39 Å². The Kier molecular flexibility index (Phi) is 11.8. The first kappa shape index (κ1) is 29.0. The van der Waals surface area contributed by atoms with Gasteiger partial charge in [-0.05, 0) is 41.3 Å². The van der Waals surface area contributed by atoms with Gasteiger partial charge in [-0.15, -0.1) is 11.8 Å². The van der Waals surface area contributed by atoms with Crippen LogP contribution >= 0.6 is 35.0 Å². The highest BCUT2D eigenvalue weighted by atomic mass is 35.5. The van der Waals surface area contributed by atoms with Crippen LogP contribution < -0.4 is 5.32 Å². The van der Waals surface area contributed by atoms with Crippen LogP contribution in [0.1, 0.15) is 36.5 Å². The number of rotatable bonds is 13. The molecule has 8 heteroatoms. The molecule has 3 aromatic carbocycles. The van der Waals surface area contributed by atoms with Gasteiger partial charge in [-0.2, -0.15) is 0 Å². The van der Waals surface area contributed by atoms with E-state index in [4.69, 9.17) is 23.2 Å². The Labute approximate surface area is 232 Å². The van der Waals surface area contributed by atoms with Gasteiger partial charge in [-0.25, -0.2) is 4.39 Å². The second-order valence-corrected chi connectivity index (χ2v) is 10.5. The molecule has 4 nitrogen and oxygen atoms in total. The summed E-state index contributed by atoms with van der Waals surface area (Å²) in [5.41, 5.74) is 2.25. The molecule has 3 rings (SSSR count). The predicted molar refractivity (Wildman–Crippen MR) is 151 cm³/mol. The van der Waals surface area contributed by atoms with Crippen molar-refractivity contribution in [1.29, 1.82) is 0 Å². The van der Waals surface area contributed by atoms with Gasteiger partial charge in [0, 0.05) is 25.3 Å². The van der Waals surface area contributed by atoms with Crippen LogP contribution in [0, 0.1) is 5.82 Å². The van der Waals surface area contributed by atoms with Gasteiger partial charge < -0.3 is 10.2 Å². The van der Waals surface area contributed by atoms with E-state index in [1.165, 1.54) is 17.8 Å². The Morgan fingerprint density at radius 1 is 0.973 bits per heavy atom. The number of unbranched alkanes of at least 4 members (excludes halogenated alkanes) is 1. The average molecular weight is 562 g/mol. The molecule has 0 heterocycles. The summed E-state index contributed by atoms with van der Waals surface area (Å²) in [7, 11) is 0. The standard InChI is InChI=1S/C29H31Cl2FN2O2S/c1-2-3-15-33-29(36)27(17-21-9-5-4-6-10-21)34(18-22-13-14-24(30)25(31)16-22)28(35)20-37-19-23-11-7-8-12-26(23)32/h4-14,16,27H,2-3,15,17-20H2,1H3,(H,33,36)/t27-/m0/s1. The molecule has 0 spiro atoms. The van der Waals surface area contributed by atoms with E-state index >= 15 is 0 Å². The van der Waals surface area contributed by atoms with Gasteiger partial charge in [0.1, 0.15) is 11.9 Å². The zero-order valence-corrected chi connectivity index (χ0v) is 23.1. The van der Waals surface area contributed by atoms with E-state index in [1.807, 2.05) is 30.3 Å². The minimum absolute atomic E-state index is 0.100. The van der Waals surface area contributed by atoms with Crippen molar-refractivity contribution < 1.29 is 14.0 Å². The lowest BCUT2D eigenvalue weighted by Gasteiger charge is -2.31. The van der Waals surface area contributed by atoms with Crippen molar-refractivity contribution in [3.8, 4) is 0 Å². The van der Waals surface area contributed by atoms with Gasteiger partial charge in [0.25, 0.3) is 0 Å². The summed E-state index contributed by atoms with van der Waals surface area (Å²) >= 11 is 13.7. The largest absolute Gasteiger partial charge is 0.354 e. The third-order valence-electron chi connectivity index (χ3n) is 5.88. The first-order valence-electron chi connectivity index (χ1n) is 12.2. The number of hydrogen-bond donors (Lipinski definition) is 1. The molecule has 0 radical (unpaired) electrons. The number of thioether (sulfide) groups is 1. The summed E-state index contributed by atoms with van der Waals surface area (Å²) < 4.78 is 14.1. The van der Waals surface area contributed by atoms with Crippen molar-refractivity contribution in [2.75, 3.05) is 12.3 Å². The number of nitrogens with one attached hydrogen (secondary N) is 1. The molecule has 37 heavy (non-hydrogen) atoms. The van der Waals surface area contributed by atoms with Crippen LogP contribution in [0.25, 0.3) is 0 Å². The molecule has 0 bridgehead atoms. The van der Waals surface area contributed by atoms with Crippen molar-refractivity contribution in [2.24, 2.45) is 0 Å². The Bertz CT molecular complexity index is 1180. The number of halogens is 3. The maximum Gasteiger partial charge on any atom is 0.243 e. The lowest BCUT2D eigenvalue weighted by Crippen LogP contribution is -2.51. The minimum Gasteiger partial charge on any atom is -0.354 e. The van der Waals surface area contributed by atoms with Gasteiger partial charge >= 0.3 is 0 Å². The second kappa shape index (κ2) is 15.0. The highest BCUT2D eigenvalue weighted by Crippen LogP contribution is 2.25. The van der Waals surface area contributed by atoms with E-state index in [2.05, 4.69) is 12.2 Å². The number of carbonyl (C=O) groups is 2. The van der Waals surface area contributed by atoms with Gasteiger partial charge in [0.05, 0.1) is 15.8 Å². The lowest BCUT2D eigenvalue weighted by atomic mass is 10.0. The normalized spacial score (nSPS) is 11.7. The molecule has 0 aliphatic carbocycles. The number of nitrogens with zero attached hydrogens (tertiary/aromatic N) is 1. The fraction of sp³-hybridized carbons (Fsp3) is 0.310. The van der Waals surface area contributed by atoms with Gasteiger partial charge in [-0.3, -0.25) is 9.59 Å². The Hall–Kier alpha value is -2.54. The van der Waals surface area contributed by atoms with E-state index in [0.29, 0.717) is 34.3 Å². The second-order valence-electron chi connectivity index (χ2n) is 8.70. The summed E-state index contributed by atoms with van der Waals surface area (Å²) in [5.74, 6) is -0.259. The third kappa shape index (κ3) is 9.06. The summed E-state index contributed by atoms with van der Waals surface area (Å²) in [4.78, 5) is 28.6. The van der Waals surface area contributed by atoms with Crippen molar-refractivity contribution >= 4 is 46.8 Å². The molecule has 2 amide bonds. The molecule has 0 fully saturated rings. The van der Waals surface area contributed by atoms with E-state index in [0.717, 1.165) is 24.0 Å². The van der Waals surface area contributed by atoms with Crippen LogP contribution in [0.3, 0.4) is 0 Å². The molecule has 1 atom stereocenters. The zero-order valence-electron chi connectivity index (χ0n) is 20.8. The van der Waals surface area contributed by atoms with Crippen molar-refractivity contribution in [3.63, 3.8) is 0 Å². The molecule has 0 aliphatic rings. The lowest BCUT2D eigenvalue weighted by molar-refractivity contribution is -0.139. The molecular weight excluding hydrogens is 530 g/mol. The molecule has 3 aromatic rings. The van der Waals surface area contributed by atoms with E-state index in [-0.39, 0.29) is 29.9 Å². The zero-order chi connectivity index (χ0) is 26.6. The van der Waals surface area contributed by atoms with Crippen LogP contribution in [-0.4, -0.2) is 35.1 Å². The molecule has 0 saturated heterocycles. The summed E-state index contributed by atoms with van der Waals surface area (Å²) in [6.07, 6.45) is 2.16. The maximum atomic E-state index is 14.1. The summed E-state index contributed by atoms with van der Waals surface area (Å²) in [6, 6.07) is 20.6. The topological polar surface area (TPSA) is 49.4 Å². The number of hydrogen-bond acceptors (Lipinski definition) is 3.